The number of rotatable bonds is 9. The zero-order valence-electron chi connectivity index (χ0n) is 18.2. The summed E-state index contributed by atoms with van der Waals surface area (Å²) in [6.45, 7) is 11.0. The van der Waals surface area contributed by atoms with Gasteiger partial charge < -0.3 is 14.4 Å². The van der Waals surface area contributed by atoms with Crippen LogP contribution < -0.4 is 9.64 Å². The van der Waals surface area contributed by atoms with E-state index in [9.17, 15) is 0 Å². The molecule has 0 saturated carbocycles. The van der Waals surface area contributed by atoms with Crippen molar-refractivity contribution in [2.75, 3.05) is 37.8 Å². The Labute approximate surface area is 176 Å². The molecule has 0 atom stereocenters. The number of ether oxygens (including phenoxy) is 2. The van der Waals surface area contributed by atoms with Gasteiger partial charge >= 0.3 is 0 Å². The summed E-state index contributed by atoms with van der Waals surface area (Å²) < 4.78 is 11.2. The highest BCUT2D eigenvalue weighted by Gasteiger charge is 2.14. The molecule has 0 aliphatic carbocycles. The monoisotopic (exact) mass is 393 g/mol. The van der Waals surface area contributed by atoms with Gasteiger partial charge in [0.15, 0.2) is 0 Å². The number of hydrogen-bond acceptors (Lipinski definition) is 3. The van der Waals surface area contributed by atoms with Crippen LogP contribution in [-0.4, -0.2) is 32.9 Å². The largest absolute Gasteiger partial charge is 0.491 e. The van der Waals surface area contributed by atoms with Crippen molar-refractivity contribution in [3.8, 4) is 16.9 Å². The van der Waals surface area contributed by atoms with Gasteiger partial charge in [-0.3, -0.25) is 0 Å². The molecule has 0 radical (unpaired) electrons. The number of nitrogens with zero attached hydrogens (tertiary/aromatic N) is 1. The Morgan fingerprint density at radius 3 is 2.52 bits per heavy atom. The third kappa shape index (κ3) is 6.37. The average molecular weight is 394 g/mol. The Morgan fingerprint density at radius 2 is 1.76 bits per heavy atom. The van der Waals surface area contributed by atoms with Crippen LogP contribution in [0.3, 0.4) is 0 Å². The molecule has 0 bridgehead atoms. The number of fused-ring (bicyclic) bond motifs is 1. The summed E-state index contributed by atoms with van der Waals surface area (Å²) in [6.07, 6.45) is 8.01. The van der Waals surface area contributed by atoms with Gasteiger partial charge in [0, 0.05) is 25.4 Å². The molecule has 0 unspecified atom stereocenters. The summed E-state index contributed by atoms with van der Waals surface area (Å²) in [5.41, 5.74) is 5.13. The SMILES string of the molecule is CCCOCCOc1ccc(-c2ccc3c(c2)/C=C\CCCN3CC(C)C)cc1. The summed E-state index contributed by atoms with van der Waals surface area (Å²) in [5.74, 6) is 1.55. The molecule has 0 saturated heterocycles. The van der Waals surface area contributed by atoms with Crippen molar-refractivity contribution in [3.63, 3.8) is 0 Å². The van der Waals surface area contributed by atoms with E-state index < -0.39 is 0 Å². The zero-order chi connectivity index (χ0) is 20.5. The van der Waals surface area contributed by atoms with Gasteiger partial charge in [-0.2, -0.15) is 0 Å². The first kappa shape index (κ1) is 21.4. The molecule has 3 rings (SSSR count). The van der Waals surface area contributed by atoms with Crippen LogP contribution >= 0.6 is 0 Å². The zero-order valence-corrected chi connectivity index (χ0v) is 18.2. The summed E-state index contributed by atoms with van der Waals surface area (Å²) in [6, 6.07) is 15.2. The summed E-state index contributed by atoms with van der Waals surface area (Å²) in [5, 5.41) is 0. The van der Waals surface area contributed by atoms with E-state index in [-0.39, 0.29) is 0 Å². The van der Waals surface area contributed by atoms with E-state index >= 15 is 0 Å². The molecular formula is C26H35NO2. The molecular weight excluding hydrogens is 358 g/mol. The first-order valence-corrected chi connectivity index (χ1v) is 11.0. The molecule has 156 valence electrons. The van der Waals surface area contributed by atoms with E-state index in [2.05, 4.69) is 68.2 Å². The second-order valence-corrected chi connectivity index (χ2v) is 8.14. The van der Waals surface area contributed by atoms with Gasteiger partial charge in [-0.05, 0) is 66.1 Å². The smallest absolute Gasteiger partial charge is 0.119 e. The lowest BCUT2D eigenvalue weighted by Gasteiger charge is -2.29. The fourth-order valence-corrected chi connectivity index (χ4v) is 3.73. The Hall–Kier alpha value is -2.26. The highest BCUT2D eigenvalue weighted by Crippen LogP contribution is 2.31. The Morgan fingerprint density at radius 1 is 0.966 bits per heavy atom. The molecule has 0 amide bonds. The van der Waals surface area contributed by atoms with Crippen molar-refractivity contribution in [1.29, 1.82) is 0 Å². The van der Waals surface area contributed by atoms with Crippen molar-refractivity contribution in [3.05, 3.63) is 54.1 Å². The van der Waals surface area contributed by atoms with Crippen LogP contribution in [0.15, 0.2) is 48.5 Å². The third-order valence-electron chi connectivity index (χ3n) is 5.08. The maximum atomic E-state index is 5.77. The molecule has 3 heteroatoms. The van der Waals surface area contributed by atoms with Gasteiger partial charge in [-0.1, -0.05) is 51.1 Å². The second kappa shape index (κ2) is 11.1. The quantitative estimate of drug-likeness (QED) is 0.458. The highest BCUT2D eigenvalue weighted by molar-refractivity contribution is 5.76. The molecule has 2 aromatic rings. The van der Waals surface area contributed by atoms with Gasteiger partial charge in [0.1, 0.15) is 12.4 Å². The first-order chi connectivity index (χ1) is 14.2. The second-order valence-electron chi connectivity index (χ2n) is 8.14. The molecule has 29 heavy (non-hydrogen) atoms. The third-order valence-corrected chi connectivity index (χ3v) is 5.08. The number of hydrogen-bond donors (Lipinski definition) is 0. The van der Waals surface area contributed by atoms with Crippen molar-refractivity contribution in [2.45, 2.75) is 40.0 Å². The minimum absolute atomic E-state index is 0.592. The molecule has 1 heterocycles. The number of allylic oxidation sites excluding steroid dienone is 1. The fourth-order valence-electron chi connectivity index (χ4n) is 3.73. The lowest BCUT2D eigenvalue weighted by molar-refractivity contribution is 0.101. The molecule has 3 nitrogen and oxygen atoms in total. The lowest BCUT2D eigenvalue weighted by atomic mass is 9.99. The minimum atomic E-state index is 0.592. The molecule has 0 aromatic heterocycles. The van der Waals surface area contributed by atoms with Gasteiger partial charge in [-0.25, -0.2) is 0 Å². The number of anilines is 1. The maximum absolute atomic E-state index is 5.77. The van der Waals surface area contributed by atoms with E-state index in [1.807, 2.05) is 12.1 Å². The summed E-state index contributed by atoms with van der Waals surface area (Å²) in [7, 11) is 0. The van der Waals surface area contributed by atoms with Crippen LogP contribution in [0.2, 0.25) is 0 Å². The standard InChI is InChI=1S/C26H35NO2/c1-4-16-28-17-18-29-25-12-9-22(10-13-25)23-11-14-26-24(19-23)8-6-5-7-15-27(26)20-21(2)3/h6,8-14,19,21H,4-5,7,15-18,20H2,1-3H3/b8-6-. The Bertz CT molecular complexity index is 780. The molecule has 1 aliphatic heterocycles. The van der Waals surface area contributed by atoms with Crippen LogP contribution in [0.4, 0.5) is 5.69 Å². The van der Waals surface area contributed by atoms with E-state index in [1.54, 1.807) is 0 Å². The van der Waals surface area contributed by atoms with E-state index in [0.717, 1.165) is 38.3 Å². The van der Waals surface area contributed by atoms with E-state index in [0.29, 0.717) is 19.1 Å². The van der Waals surface area contributed by atoms with Gasteiger partial charge in [0.05, 0.1) is 6.61 Å². The van der Waals surface area contributed by atoms with Crippen LogP contribution in [0.25, 0.3) is 17.2 Å². The molecule has 2 aromatic carbocycles. The molecule has 0 N–H and O–H groups in total. The fraction of sp³-hybridized carbons (Fsp3) is 0.462. The maximum Gasteiger partial charge on any atom is 0.119 e. The normalized spacial score (nSPS) is 15.0. The van der Waals surface area contributed by atoms with Gasteiger partial charge in [-0.15, -0.1) is 0 Å². The van der Waals surface area contributed by atoms with Gasteiger partial charge in [0.2, 0.25) is 0 Å². The average Bonchev–Trinajstić information content (AvgIpc) is 2.71. The van der Waals surface area contributed by atoms with Crippen molar-refractivity contribution < 1.29 is 9.47 Å². The molecule has 0 spiro atoms. The number of benzene rings is 2. The van der Waals surface area contributed by atoms with Crippen molar-refractivity contribution in [2.24, 2.45) is 5.92 Å². The van der Waals surface area contributed by atoms with Crippen LogP contribution in [-0.2, 0) is 4.74 Å². The van der Waals surface area contributed by atoms with E-state index in [4.69, 9.17) is 9.47 Å². The lowest BCUT2D eigenvalue weighted by Crippen LogP contribution is -2.29. The highest BCUT2D eigenvalue weighted by atomic mass is 16.5. The predicted molar refractivity (Wildman–Crippen MR) is 124 cm³/mol. The molecule has 0 fully saturated rings. The predicted octanol–water partition coefficient (Wildman–Crippen LogP) is 6.43. The molecule has 1 aliphatic rings. The van der Waals surface area contributed by atoms with Crippen LogP contribution in [0, 0.1) is 5.92 Å². The first-order valence-electron chi connectivity index (χ1n) is 11.0. The summed E-state index contributed by atoms with van der Waals surface area (Å²) >= 11 is 0. The van der Waals surface area contributed by atoms with Crippen molar-refractivity contribution in [1.82, 2.24) is 0 Å². The van der Waals surface area contributed by atoms with Crippen LogP contribution in [0.5, 0.6) is 5.75 Å². The van der Waals surface area contributed by atoms with Gasteiger partial charge in [0.25, 0.3) is 0 Å². The summed E-state index contributed by atoms with van der Waals surface area (Å²) in [4.78, 5) is 2.55. The topological polar surface area (TPSA) is 21.7 Å². The minimum Gasteiger partial charge on any atom is -0.491 e. The Balaban J connectivity index is 1.72. The van der Waals surface area contributed by atoms with E-state index in [1.165, 1.54) is 28.8 Å². The Kier molecular flexibility index (Phi) is 8.18. The van der Waals surface area contributed by atoms with Crippen LogP contribution in [0.1, 0.15) is 45.6 Å². The van der Waals surface area contributed by atoms with Crippen molar-refractivity contribution >= 4 is 11.8 Å².